The van der Waals surface area contributed by atoms with Gasteiger partial charge in [-0.25, -0.2) is 9.59 Å². The summed E-state index contributed by atoms with van der Waals surface area (Å²) in [7, 11) is 0. The maximum atomic E-state index is 12.0. The number of esters is 1. The molecule has 1 saturated heterocycles. The van der Waals surface area contributed by atoms with Gasteiger partial charge in [0, 0.05) is 24.0 Å². The summed E-state index contributed by atoms with van der Waals surface area (Å²) in [5.41, 5.74) is 0.313. The minimum Gasteiger partial charge on any atom is -0.463 e. The standard InChI is InChI=1S/C14H22BrNO4/c1-5-19-12(17)8-10-9-16(7-6-11(10)15)13(18)20-14(2,3)4/h8,11H,5-7,9H2,1-4H3/b10-8+. The van der Waals surface area contributed by atoms with Crippen LogP contribution >= 0.6 is 15.9 Å². The molecule has 0 aliphatic carbocycles. The molecule has 0 aromatic heterocycles. The van der Waals surface area contributed by atoms with E-state index in [2.05, 4.69) is 15.9 Å². The first kappa shape index (κ1) is 17.0. The molecule has 0 aromatic rings. The molecule has 1 atom stereocenters. The van der Waals surface area contributed by atoms with Crippen LogP contribution in [-0.4, -0.2) is 47.1 Å². The predicted octanol–water partition coefficient (Wildman–Crippen LogP) is 2.88. The van der Waals surface area contributed by atoms with E-state index in [4.69, 9.17) is 9.47 Å². The maximum Gasteiger partial charge on any atom is 0.410 e. The normalized spacial score (nSPS) is 21.8. The number of likely N-dealkylation sites (tertiary alicyclic amines) is 1. The van der Waals surface area contributed by atoms with Gasteiger partial charge in [-0.2, -0.15) is 0 Å². The first-order valence-corrected chi connectivity index (χ1v) is 7.63. The Kier molecular flexibility index (Phi) is 6.05. The van der Waals surface area contributed by atoms with Crippen molar-refractivity contribution in [3.8, 4) is 0 Å². The number of ether oxygens (including phenoxy) is 2. The molecule has 0 aromatic carbocycles. The highest BCUT2D eigenvalue weighted by molar-refractivity contribution is 9.09. The molecule has 1 fully saturated rings. The van der Waals surface area contributed by atoms with Crippen LogP contribution in [0.25, 0.3) is 0 Å². The van der Waals surface area contributed by atoms with E-state index in [-0.39, 0.29) is 16.9 Å². The van der Waals surface area contributed by atoms with Crippen molar-refractivity contribution in [3.05, 3.63) is 11.6 Å². The number of hydrogen-bond donors (Lipinski definition) is 0. The summed E-state index contributed by atoms with van der Waals surface area (Å²) < 4.78 is 10.2. The lowest BCUT2D eigenvalue weighted by Gasteiger charge is -2.33. The first-order chi connectivity index (χ1) is 9.23. The van der Waals surface area contributed by atoms with Crippen LogP contribution in [0.5, 0.6) is 0 Å². The van der Waals surface area contributed by atoms with Gasteiger partial charge in [0.15, 0.2) is 0 Å². The molecule has 5 nitrogen and oxygen atoms in total. The van der Waals surface area contributed by atoms with Crippen LogP contribution < -0.4 is 0 Å². The number of halogens is 1. The predicted molar refractivity (Wildman–Crippen MR) is 79.9 cm³/mol. The molecule has 0 N–H and O–H groups in total. The van der Waals surface area contributed by atoms with E-state index >= 15 is 0 Å². The maximum absolute atomic E-state index is 12.0. The fourth-order valence-electron chi connectivity index (χ4n) is 1.81. The van der Waals surface area contributed by atoms with E-state index in [1.807, 2.05) is 20.8 Å². The molecular formula is C14H22BrNO4. The number of nitrogens with zero attached hydrogens (tertiary/aromatic N) is 1. The molecule has 0 saturated carbocycles. The fraction of sp³-hybridized carbons (Fsp3) is 0.714. The molecule has 1 amide bonds. The zero-order valence-electron chi connectivity index (χ0n) is 12.4. The lowest BCUT2D eigenvalue weighted by molar-refractivity contribution is -0.137. The van der Waals surface area contributed by atoms with Crippen LogP contribution in [0.1, 0.15) is 34.1 Å². The summed E-state index contributed by atoms with van der Waals surface area (Å²) >= 11 is 3.52. The summed E-state index contributed by atoms with van der Waals surface area (Å²) in [6.07, 6.45) is 1.84. The second kappa shape index (κ2) is 7.11. The van der Waals surface area contributed by atoms with Gasteiger partial charge in [-0.1, -0.05) is 15.9 Å². The third kappa shape index (κ3) is 5.53. The molecule has 6 heteroatoms. The Morgan fingerprint density at radius 3 is 2.65 bits per heavy atom. The highest BCUT2D eigenvalue weighted by atomic mass is 79.9. The van der Waals surface area contributed by atoms with Gasteiger partial charge in [0.2, 0.25) is 0 Å². The zero-order valence-corrected chi connectivity index (χ0v) is 14.0. The summed E-state index contributed by atoms with van der Waals surface area (Å²) in [6, 6.07) is 0. The Morgan fingerprint density at radius 1 is 1.45 bits per heavy atom. The topological polar surface area (TPSA) is 55.8 Å². The zero-order chi connectivity index (χ0) is 15.3. The van der Waals surface area contributed by atoms with E-state index in [1.54, 1.807) is 11.8 Å². The van der Waals surface area contributed by atoms with E-state index in [0.29, 0.717) is 19.7 Å². The van der Waals surface area contributed by atoms with Crippen molar-refractivity contribution in [2.24, 2.45) is 0 Å². The quantitative estimate of drug-likeness (QED) is 0.437. The van der Waals surface area contributed by atoms with Gasteiger partial charge in [-0.05, 0) is 39.7 Å². The summed E-state index contributed by atoms with van der Waals surface area (Å²) in [6.45, 7) is 8.57. The lowest BCUT2D eigenvalue weighted by Crippen LogP contribution is -2.43. The Balaban J connectivity index is 2.70. The van der Waals surface area contributed by atoms with Crippen molar-refractivity contribution < 1.29 is 19.1 Å². The second-order valence-corrected chi connectivity index (χ2v) is 6.73. The monoisotopic (exact) mass is 347 g/mol. The number of amides is 1. The van der Waals surface area contributed by atoms with Gasteiger partial charge >= 0.3 is 12.1 Å². The molecule has 0 bridgehead atoms. The van der Waals surface area contributed by atoms with Gasteiger partial charge in [-0.3, -0.25) is 0 Å². The number of piperidine rings is 1. The first-order valence-electron chi connectivity index (χ1n) is 6.72. The average Bonchev–Trinajstić information content (AvgIpc) is 2.30. The van der Waals surface area contributed by atoms with Gasteiger partial charge in [0.05, 0.1) is 6.61 Å². The van der Waals surface area contributed by atoms with Gasteiger partial charge in [0.1, 0.15) is 5.60 Å². The SMILES string of the molecule is CCOC(=O)/C=C1\CN(C(=O)OC(C)(C)C)CCC1Br. The van der Waals surface area contributed by atoms with Crippen LogP contribution in [0.3, 0.4) is 0 Å². The van der Waals surface area contributed by atoms with Gasteiger partial charge < -0.3 is 14.4 Å². The lowest BCUT2D eigenvalue weighted by atomic mass is 10.0. The van der Waals surface area contributed by atoms with Crippen molar-refractivity contribution in [2.75, 3.05) is 19.7 Å². The van der Waals surface area contributed by atoms with Crippen molar-refractivity contribution >= 4 is 28.0 Å². The van der Waals surface area contributed by atoms with Gasteiger partial charge in [0.25, 0.3) is 0 Å². The minimum atomic E-state index is -0.520. The van der Waals surface area contributed by atoms with Crippen molar-refractivity contribution in [1.82, 2.24) is 4.90 Å². The highest BCUT2D eigenvalue weighted by Gasteiger charge is 2.29. The minimum absolute atomic E-state index is 0.0885. The van der Waals surface area contributed by atoms with Crippen LogP contribution in [0.15, 0.2) is 11.6 Å². The molecule has 114 valence electrons. The van der Waals surface area contributed by atoms with E-state index in [0.717, 1.165) is 12.0 Å². The molecule has 1 aliphatic rings. The van der Waals surface area contributed by atoms with E-state index in [1.165, 1.54) is 6.08 Å². The Morgan fingerprint density at radius 2 is 2.10 bits per heavy atom. The highest BCUT2D eigenvalue weighted by Crippen LogP contribution is 2.24. The molecule has 1 unspecified atom stereocenters. The van der Waals surface area contributed by atoms with Crippen LogP contribution in [0.4, 0.5) is 4.79 Å². The number of hydrogen-bond acceptors (Lipinski definition) is 4. The average molecular weight is 348 g/mol. The third-order valence-corrected chi connectivity index (χ3v) is 3.72. The Bertz CT molecular complexity index is 400. The fourth-order valence-corrected chi connectivity index (χ4v) is 2.29. The Hall–Kier alpha value is -1.04. The van der Waals surface area contributed by atoms with Crippen LogP contribution in [-0.2, 0) is 14.3 Å². The molecule has 0 radical (unpaired) electrons. The molecule has 1 aliphatic heterocycles. The van der Waals surface area contributed by atoms with Crippen LogP contribution in [0.2, 0.25) is 0 Å². The number of carbonyl (C=O) groups excluding carboxylic acids is 2. The molecular weight excluding hydrogens is 326 g/mol. The number of rotatable bonds is 2. The molecule has 1 heterocycles. The molecule has 1 rings (SSSR count). The largest absolute Gasteiger partial charge is 0.463 e. The van der Waals surface area contributed by atoms with E-state index < -0.39 is 5.60 Å². The van der Waals surface area contributed by atoms with Crippen molar-refractivity contribution in [3.63, 3.8) is 0 Å². The summed E-state index contributed by atoms with van der Waals surface area (Å²) in [5.74, 6) is -0.377. The Labute approximate surface area is 128 Å². The summed E-state index contributed by atoms with van der Waals surface area (Å²) in [4.78, 5) is 25.2. The molecule has 20 heavy (non-hydrogen) atoms. The molecule has 0 spiro atoms. The van der Waals surface area contributed by atoms with E-state index in [9.17, 15) is 9.59 Å². The number of alkyl halides is 1. The van der Waals surface area contributed by atoms with Crippen molar-refractivity contribution in [2.45, 2.75) is 44.5 Å². The van der Waals surface area contributed by atoms with Crippen molar-refractivity contribution in [1.29, 1.82) is 0 Å². The smallest absolute Gasteiger partial charge is 0.410 e. The van der Waals surface area contributed by atoms with Crippen LogP contribution in [0, 0.1) is 0 Å². The third-order valence-electron chi connectivity index (χ3n) is 2.67. The van der Waals surface area contributed by atoms with Gasteiger partial charge in [-0.15, -0.1) is 0 Å². The number of carbonyl (C=O) groups is 2. The summed E-state index contributed by atoms with van der Waals surface area (Å²) in [5, 5.41) is 0. The second-order valence-electron chi connectivity index (χ2n) is 5.63.